The molecule has 0 aliphatic rings. The van der Waals surface area contributed by atoms with E-state index in [9.17, 15) is 12.8 Å². The first-order valence-corrected chi connectivity index (χ1v) is 9.67. The van der Waals surface area contributed by atoms with Crippen molar-refractivity contribution >= 4 is 21.8 Å². The number of rotatable bonds is 8. The summed E-state index contributed by atoms with van der Waals surface area (Å²) < 4.78 is 40.8. The van der Waals surface area contributed by atoms with Crippen LogP contribution in [-0.2, 0) is 16.6 Å². The van der Waals surface area contributed by atoms with Crippen molar-refractivity contribution in [1.82, 2.24) is 10.0 Å². The lowest BCUT2D eigenvalue weighted by Crippen LogP contribution is -2.34. The molecular weight excluding hydrogens is 311 g/mol. The van der Waals surface area contributed by atoms with Gasteiger partial charge in [-0.1, -0.05) is 13.8 Å². The van der Waals surface area contributed by atoms with Gasteiger partial charge >= 0.3 is 0 Å². The van der Waals surface area contributed by atoms with Gasteiger partial charge in [-0.2, -0.15) is 11.8 Å². The molecule has 1 aromatic rings. The number of nitrogens with one attached hydrogen (secondary N) is 2. The van der Waals surface area contributed by atoms with Crippen molar-refractivity contribution in [3.8, 4) is 0 Å². The molecule has 0 saturated carbocycles. The molecule has 0 amide bonds. The minimum Gasteiger partial charge on any atom is -0.310 e. The molecule has 7 heteroatoms. The SMILES string of the molecule is CSCC(C)NS(=O)(=O)c1ccc(F)c(CNC(C)C)c1. The van der Waals surface area contributed by atoms with Crippen LogP contribution in [0, 0.1) is 5.82 Å². The molecule has 2 N–H and O–H groups in total. The van der Waals surface area contributed by atoms with Gasteiger partial charge < -0.3 is 5.32 Å². The molecule has 0 aromatic heterocycles. The van der Waals surface area contributed by atoms with Crippen molar-refractivity contribution in [2.45, 2.75) is 44.3 Å². The van der Waals surface area contributed by atoms with E-state index < -0.39 is 15.8 Å². The highest BCUT2D eigenvalue weighted by atomic mass is 32.2. The quantitative estimate of drug-likeness (QED) is 0.766. The summed E-state index contributed by atoms with van der Waals surface area (Å²) in [6.07, 6.45) is 1.92. The molecule has 0 aliphatic carbocycles. The number of sulfonamides is 1. The molecule has 0 aliphatic heterocycles. The van der Waals surface area contributed by atoms with Gasteiger partial charge in [-0.25, -0.2) is 17.5 Å². The second kappa shape index (κ2) is 8.12. The van der Waals surface area contributed by atoms with Crippen LogP contribution in [0.2, 0.25) is 0 Å². The Kier molecular flexibility index (Phi) is 7.12. The van der Waals surface area contributed by atoms with Crippen LogP contribution in [0.5, 0.6) is 0 Å². The molecular formula is C14H23FN2O2S2. The first kappa shape index (κ1) is 18.4. The van der Waals surface area contributed by atoms with E-state index in [1.54, 1.807) is 18.7 Å². The molecule has 0 spiro atoms. The third-order valence-corrected chi connectivity index (χ3v) is 5.22. The summed E-state index contributed by atoms with van der Waals surface area (Å²) in [5.74, 6) is 0.279. The number of hydrogen-bond acceptors (Lipinski definition) is 4. The van der Waals surface area contributed by atoms with Crippen LogP contribution in [0.15, 0.2) is 23.1 Å². The van der Waals surface area contributed by atoms with Crippen LogP contribution in [0.4, 0.5) is 4.39 Å². The molecule has 1 aromatic carbocycles. The summed E-state index contributed by atoms with van der Waals surface area (Å²) in [6, 6.07) is 3.91. The van der Waals surface area contributed by atoms with E-state index in [2.05, 4.69) is 10.0 Å². The van der Waals surface area contributed by atoms with Gasteiger partial charge in [0.05, 0.1) is 4.90 Å². The Morgan fingerprint density at radius 1 is 1.29 bits per heavy atom. The molecule has 0 bridgehead atoms. The van der Waals surface area contributed by atoms with E-state index >= 15 is 0 Å². The van der Waals surface area contributed by atoms with Crippen molar-refractivity contribution in [3.05, 3.63) is 29.6 Å². The summed E-state index contributed by atoms with van der Waals surface area (Å²) in [5.41, 5.74) is 0.351. The maximum atomic E-state index is 13.7. The molecule has 0 fully saturated rings. The molecule has 0 heterocycles. The first-order valence-electron chi connectivity index (χ1n) is 6.79. The van der Waals surface area contributed by atoms with E-state index in [1.165, 1.54) is 18.2 Å². The fourth-order valence-electron chi connectivity index (χ4n) is 1.78. The molecule has 1 unspecified atom stereocenters. The zero-order chi connectivity index (χ0) is 16.0. The fourth-order valence-corrected chi connectivity index (χ4v) is 3.77. The van der Waals surface area contributed by atoms with Crippen LogP contribution in [0.25, 0.3) is 0 Å². The molecule has 1 rings (SSSR count). The highest BCUT2D eigenvalue weighted by molar-refractivity contribution is 7.98. The summed E-state index contributed by atoms with van der Waals surface area (Å²) >= 11 is 1.57. The maximum Gasteiger partial charge on any atom is 0.240 e. The zero-order valence-corrected chi connectivity index (χ0v) is 14.4. The van der Waals surface area contributed by atoms with E-state index in [0.717, 1.165) is 0 Å². The predicted molar refractivity (Wildman–Crippen MR) is 86.5 cm³/mol. The van der Waals surface area contributed by atoms with Crippen molar-refractivity contribution in [3.63, 3.8) is 0 Å². The Morgan fingerprint density at radius 2 is 1.95 bits per heavy atom. The average Bonchev–Trinajstić information content (AvgIpc) is 2.36. The van der Waals surface area contributed by atoms with Gasteiger partial charge in [0.2, 0.25) is 10.0 Å². The van der Waals surface area contributed by atoms with Crippen LogP contribution >= 0.6 is 11.8 Å². The van der Waals surface area contributed by atoms with Crippen LogP contribution in [0.1, 0.15) is 26.3 Å². The van der Waals surface area contributed by atoms with Crippen molar-refractivity contribution in [2.24, 2.45) is 0 Å². The molecule has 1 atom stereocenters. The molecule has 0 saturated heterocycles. The summed E-state index contributed by atoms with van der Waals surface area (Å²) in [5, 5.41) is 3.08. The monoisotopic (exact) mass is 334 g/mol. The Labute approximate surface area is 131 Å². The summed E-state index contributed by atoms with van der Waals surface area (Å²) in [4.78, 5) is 0.0948. The van der Waals surface area contributed by atoms with E-state index in [4.69, 9.17) is 0 Å². The Morgan fingerprint density at radius 3 is 2.52 bits per heavy atom. The third kappa shape index (κ3) is 5.94. The van der Waals surface area contributed by atoms with E-state index in [1.807, 2.05) is 20.1 Å². The van der Waals surface area contributed by atoms with Gasteiger partial charge in [0.15, 0.2) is 0 Å². The normalized spacial score (nSPS) is 13.6. The maximum absolute atomic E-state index is 13.7. The van der Waals surface area contributed by atoms with Gasteiger partial charge in [-0.05, 0) is 31.4 Å². The smallest absolute Gasteiger partial charge is 0.240 e. The highest BCUT2D eigenvalue weighted by Gasteiger charge is 2.18. The minimum absolute atomic E-state index is 0.0948. The van der Waals surface area contributed by atoms with Gasteiger partial charge in [-0.3, -0.25) is 0 Å². The largest absolute Gasteiger partial charge is 0.310 e. The minimum atomic E-state index is -3.62. The predicted octanol–water partition coefficient (Wildman–Crippen LogP) is 2.35. The van der Waals surface area contributed by atoms with Gasteiger partial charge in [0.25, 0.3) is 0 Å². The van der Waals surface area contributed by atoms with E-state index in [0.29, 0.717) is 17.9 Å². The van der Waals surface area contributed by atoms with Gasteiger partial charge in [0.1, 0.15) is 5.82 Å². The molecule has 0 radical (unpaired) electrons. The van der Waals surface area contributed by atoms with Crippen LogP contribution < -0.4 is 10.0 Å². The number of halogens is 1. The van der Waals surface area contributed by atoms with Crippen LogP contribution in [0.3, 0.4) is 0 Å². The molecule has 4 nitrogen and oxygen atoms in total. The second-order valence-electron chi connectivity index (χ2n) is 5.27. The molecule has 120 valence electrons. The topological polar surface area (TPSA) is 58.2 Å². The van der Waals surface area contributed by atoms with Gasteiger partial charge in [0, 0.05) is 29.9 Å². The van der Waals surface area contributed by atoms with Crippen molar-refractivity contribution in [1.29, 1.82) is 0 Å². The van der Waals surface area contributed by atoms with Crippen molar-refractivity contribution < 1.29 is 12.8 Å². The van der Waals surface area contributed by atoms with Gasteiger partial charge in [-0.15, -0.1) is 0 Å². The fraction of sp³-hybridized carbons (Fsp3) is 0.571. The lowest BCUT2D eigenvalue weighted by atomic mass is 10.2. The number of benzene rings is 1. The van der Waals surface area contributed by atoms with E-state index in [-0.39, 0.29) is 17.0 Å². The lowest BCUT2D eigenvalue weighted by molar-refractivity contribution is 0.549. The zero-order valence-electron chi connectivity index (χ0n) is 12.8. The first-order chi connectivity index (χ1) is 9.76. The third-order valence-electron chi connectivity index (χ3n) is 2.80. The highest BCUT2D eigenvalue weighted by Crippen LogP contribution is 2.16. The molecule has 21 heavy (non-hydrogen) atoms. The summed E-state index contributed by atoms with van der Waals surface area (Å²) in [7, 11) is -3.62. The lowest BCUT2D eigenvalue weighted by Gasteiger charge is -2.14. The standard InChI is InChI=1S/C14H23FN2O2S2/c1-10(2)16-8-12-7-13(5-6-14(12)15)21(18,19)17-11(3)9-20-4/h5-7,10-11,16-17H,8-9H2,1-4H3. The number of hydrogen-bond donors (Lipinski definition) is 2. The Balaban J connectivity index is 2.94. The van der Waals surface area contributed by atoms with Crippen molar-refractivity contribution in [2.75, 3.05) is 12.0 Å². The number of thioether (sulfide) groups is 1. The second-order valence-corrected chi connectivity index (χ2v) is 7.89. The van der Waals surface area contributed by atoms with Crippen LogP contribution in [-0.4, -0.2) is 32.5 Å². The summed E-state index contributed by atoms with van der Waals surface area (Å²) in [6.45, 7) is 6.00. The average molecular weight is 334 g/mol. The Bertz CT molecular complexity index is 562. The Hall–Kier alpha value is -0.630.